The van der Waals surface area contributed by atoms with Gasteiger partial charge >= 0.3 is 0 Å². The van der Waals surface area contributed by atoms with Crippen molar-refractivity contribution in [1.29, 1.82) is 0 Å². The van der Waals surface area contributed by atoms with E-state index in [4.69, 9.17) is 16.2 Å². The van der Waals surface area contributed by atoms with E-state index >= 15 is 0 Å². The SMILES string of the molecule is COc1ccc(-c2ccc(O)c3c2CC(CC(CCO)C(CO)C(=O)CC(N)=O)CC3=O)cc1CN.O.[HH].[HH]. The second kappa shape index (κ2) is 13.3. The largest absolute Gasteiger partial charge is 0.507 e. The van der Waals surface area contributed by atoms with Gasteiger partial charge in [-0.1, -0.05) is 12.1 Å². The number of phenolic OH excluding ortho intramolecular Hbond substituents is 1. The van der Waals surface area contributed by atoms with Gasteiger partial charge in [-0.3, -0.25) is 14.4 Å². The van der Waals surface area contributed by atoms with Crippen LogP contribution in [-0.4, -0.2) is 58.6 Å². The van der Waals surface area contributed by atoms with E-state index in [2.05, 4.69) is 0 Å². The molecule has 0 heterocycles. The third-order valence-electron chi connectivity index (χ3n) is 7.01. The van der Waals surface area contributed by atoms with Gasteiger partial charge in [-0.25, -0.2) is 0 Å². The number of carbonyl (C=O) groups excluding carboxylic acids is 3. The molecule has 3 atom stereocenters. The molecule has 2 aromatic rings. The molecule has 0 aromatic heterocycles. The molecule has 0 saturated carbocycles. The number of carbonyl (C=O) groups is 3. The second-order valence-corrected chi connectivity index (χ2v) is 9.32. The lowest BCUT2D eigenvalue weighted by Crippen LogP contribution is -2.33. The molecule has 9 N–H and O–H groups in total. The Hall–Kier alpha value is -3.31. The van der Waals surface area contributed by atoms with Gasteiger partial charge in [-0.15, -0.1) is 0 Å². The Kier molecular flexibility index (Phi) is 10.8. The highest BCUT2D eigenvalue weighted by Crippen LogP contribution is 2.41. The minimum atomic E-state index is -0.863. The summed E-state index contributed by atoms with van der Waals surface area (Å²) in [5, 5.41) is 30.0. The van der Waals surface area contributed by atoms with Crippen molar-refractivity contribution in [2.24, 2.45) is 29.2 Å². The maximum atomic E-state index is 13.2. The number of benzene rings is 2. The Morgan fingerprint density at radius 2 is 1.92 bits per heavy atom. The van der Waals surface area contributed by atoms with E-state index in [0.717, 1.165) is 16.7 Å². The van der Waals surface area contributed by atoms with E-state index < -0.39 is 36.6 Å². The molecule has 206 valence electrons. The number of phenols is 1. The van der Waals surface area contributed by atoms with Crippen molar-refractivity contribution < 1.29 is 42.8 Å². The number of ether oxygens (including phenoxy) is 1. The average molecular weight is 521 g/mol. The second-order valence-electron chi connectivity index (χ2n) is 9.32. The van der Waals surface area contributed by atoms with Crippen LogP contribution < -0.4 is 16.2 Å². The van der Waals surface area contributed by atoms with Crippen LogP contribution in [0.5, 0.6) is 11.5 Å². The summed E-state index contributed by atoms with van der Waals surface area (Å²) >= 11 is 0. The zero-order valence-electron chi connectivity index (χ0n) is 20.9. The van der Waals surface area contributed by atoms with E-state index in [1.807, 2.05) is 18.2 Å². The highest BCUT2D eigenvalue weighted by atomic mass is 16.5. The van der Waals surface area contributed by atoms with Crippen molar-refractivity contribution in [3.8, 4) is 22.6 Å². The predicted molar refractivity (Wildman–Crippen MR) is 141 cm³/mol. The lowest BCUT2D eigenvalue weighted by molar-refractivity contribution is -0.131. The third-order valence-corrected chi connectivity index (χ3v) is 7.01. The van der Waals surface area contributed by atoms with Crippen molar-refractivity contribution >= 4 is 17.5 Å². The van der Waals surface area contributed by atoms with Crippen LogP contribution in [0.1, 0.15) is 50.0 Å². The maximum Gasteiger partial charge on any atom is 0.224 e. The first-order chi connectivity index (χ1) is 17.2. The Morgan fingerprint density at radius 3 is 2.51 bits per heavy atom. The minimum absolute atomic E-state index is 0. The number of hydrogen-bond acceptors (Lipinski definition) is 8. The number of hydrogen-bond donors (Lipinski definition) is 5. The summed E-state index contributed by atoms with van der Waals surface area (Å²) in [6.07, 6.45) is 0.744. The van der Waals surface area contributed by atoms with Crippen molar-refractivity contribution in [2.45, 2.75) is 38.6 Å². The maximum absolute atomic E-state index is 13.2. The molecule has 0 fully saturated rings. The summed E-state index contributed by atoms with van der Waals surface area (Å²) in [6.45, 7) is -0.417. The smallest absolute Gasteiger partial charge is 0.224 e. The number of rotatable bonds is 12. The molecule has 0 spiro atoms. The highest BCUT2D eigenvalue weighted by Gasteiger charge is 2.35. The number of fused-ring (bicyclic) bond motifs is 1. The lowest BCUT2D eigenvalue weighted by atomic mass is 9.72. The number of amides is 1. The molecule has 10 heteroatoms. The summed E-state index contributed by atoms with van der Waals surface area (Å²) in [4.78, 5) is 37.0. The molecule has 0 saturated heterocycles. The Bertz CT molecular complexity index is 1150. The molecule has 2 aromatic carbocycles. The molecular formula is C27H40N2O8. The number of Topliss-reactive ketones (excluding diaryl/α,β-unsaturated/α-hetero) is 2. The molecule has 0 radical (unpaired) electrons. The van der Waals surface area contributed by atoms with E-state index in [1.54, 1.807) is 13.2 Å². The number of aliphatic hydroxyl groups excluding tert-OH is 2. The van der Waals surface area contributed by atoms with Gasteiger partial charge in [0.05, 0.1) is 25.7 Å². The van der Waals surface area contributed by atoms with Gasteiger partial charge in [0.15, 0.2) is 5.78 Å². The number of ketones is 2. The van der Waals surface area contributed by atoms with Crippen molar-refractivity contribution in [3.63, 3.8) is 0 Å². The number of nitrogens with two attached hydrogens (primary N) is 2. The standard InChI is InChI=1S/C27H34N2O7.H2O.2H2/c1-36-25-5-2-16(11-18(25)13-28)19-3-4-22(32)27-20(19)9-15(10-24(27)34)8-17(6-7-30)21(14-31)23(33)12-26(29)35;;;/h2-5,11,15,17,21,30-32H,6-10,12-14,28H2,1H3,(H2,29,35);1H2;2*1H. The Morgan fingerprint density at radius 1 is 1.19 bits per heavy atom. The van der Waals surface area contributed by atoms with Crippen molar-refractivity contribution in [2.75, 3.05) is 20.3 Å². The van der Waals surface area contributed by atoms with E-state index in [0.29, 0.717) is 24.2 Å². The number of methoxy groups -OCH3 is 1. The molecule has 1 aliphatic carbocycles. The molecule has 10 nitrogen and oxygen atoms in total. The molecule has 0 bridgehead atoms. The number of aromatic hydroxyl groups is 1. The molecule has 0 aliphatic heterocycles. The number of primary amides is 1. The fourth-order valence-corrected chi connectivity index (χ4v) is 5.32. The predicted octanol–water partition coefficient (Wildman–Crippen LogP) is 1.38. The highest BCUT2D eigenvalue weighted by molar-refractivity contribution is 6.03. The van der Waals surface area contributed by atoms with Gasteiger partial charge < -0.3 is 37.0 Å². The van der Waals surface area contributed by atoms with Gasteiger partial charge in [0.25, 0.3) is 0 Å². The quantitative estimate of drug-likeness (QED) is 0.258. The molecule has 1 aliphatic rings. The molecule has 37 heavy (non-hydrogen) atoms. The van der Waals surface area contributed by atoms with Crippen molar-refractivity contribution in [3.05, 3.63) is 47.0 Å². The summed E-state index contributed by atoms with van der Waals surface area (Å²) < 4.78 is 5.36. The van der Waals surface area contributed by atoms with E-state index in [9.17, 15) is 29.7 Å². The fourth-order valence-electron chi connectivity index (χ4n) is 5.32. The van der Waals surface area contributed by atoms with Crippen LogP contribution in [0.25, 0.3) is 11.1 Å². The molecule has 1 amide bonds. The minimum Gasteiger partial charge on any atom is -0.507 e. The Balaban J connectivity index is 0.00000481. The van der Waals surface area contributed by atoms with Crippen LogP contribution in [0.4, 0.5) is 0 Å². The normalized spacial score (nSPS) is 16.3. The van der Waals surface area contributed by atoms with E-state index in [1.165, 1.54) is 6.07 Å². The third kappa shape index (κ3) is 6.72. The summed E-state index contributed by atoms with van der Waals surface area (Å²) in [5.74, 6) is -2.37. The summed E-state index contributed by atoms with van der Waals surface area (Å²) in [5.41, 5.74) is 14.5. The first-order valence-corrected chi connectivity index (χ1v) is 12.0. The van der Waals surface area contributed by atoms with Gasteiger partial charge in [0, 0.05) is 33.9 Å². The topological polar surface area (TPSA) is 205 Å². The Labute approximate surface area is 218 Å². The van der Waals surface area contributed by atoms with Crippen LogP contribution in [0.2, 0.25) is 0 Å². The van der Waals surface area contributed by atoms with Gasteiger partial charge in [0.2, 0.25) is 5.91 Å². The zero-order valence-corrected chi connectivity index (χ0v) is 20.9. The summed E-state index contributed by atoms with van der Waals surface area (Å²) in [7, 11) is 1.57. The van der Waals surface area contributed by atoms with Crippen LogP contribution in [-0.2, 0) is 22.6 Å². The van der Waals surface area contributed by atoms with E-state index in [-0.39, 0.29) is 57.3 Å². The molecular weight excluding hydrogens is 480 g/mol. The number of aliphatic hydroxyl groups is 2. The molecule has 3 rings (SSSR count). The van der Waals surface area contributed by atoms with Crippen LogP contribution in [0.15, 0.2) is 30.3 Å². The van der Waals surface area contributed by atoms with Crippen molar-refractivity contribution in [1.82, 2.24) is 0 Å². The first-order valence-electron chi connectivity index (χ1n) is 12.0. The lowest BCUT2D eigenvalue weighted by Gasteiger charge is -2.31. The average Bonchev–Trinajstić information content (AvgIpc) is 2.83. The van der Waals surface area contributed by atoms with Gasteiger partial charge in [-0.05, 0) is 66.0 Å². The fraction of sp³-hybridized carbons (Fsp3) is 0.444. The van der Waals surface area contributed by atoms with Crippen LogP contribution in [0, 0.1) is 17.8 Å². The van der Waals surface area contributed by atoms with Crippen LogP contribution >= 0.6 is 0 Å². The molecule has 3 unspecified atom stereocenters. The zero-order chi connectivity index (χ0) is 26.4. The first kappa shape index (κ1) is 29.9. The van der Waals surface area contributed by atoms with Gasteiger partial charge in [0.1, 0.15) is 17.3 Å². The van der Waals surface area contributed by atoms with Gasteiger partial charge in [-0.2, -0.15) is 0 Å². The summed E-state index contributed by atoms with van der Waals surface area (Å²) in [6, 6.07) is 8.87. The van der Waals surface area contributed by atoms with Crippen LogP contribution in [0.3, 0.4) is 0 Å². The monoisotopic (exact) mass is 520 g/mol.